The van der Waals surface area contributed by atoms with Gasteiger partial charge in [0.2, 0.25) is 10.0 Å². The Hall–Kier alpha value is -1.86. The molecular formula is C14H11BrN2O3S. The van der Waals surface area contributed by atoms with Crippen molar-refractivity contribution < 1.29 is 8.42 Å². The van der Waals surface area contributed by atoms with Gasteiger partial charge in [0.05, 0.1) is 5.75 Å². The average molecular weight is 367 g/mol. The number of H-pyrrole nitrogens is 1. The zero-order valence-electron chi connectivity index (χ0n) is 10.8. The monoisotopic (exact) mass is 366 g/mol. The molecule has 2 heterocycles. The van der Waals surface area contributed by atoms with Crippen molar-refractivity contribution in [2.45, 2.75) is 5.75 Å². The van der Waals surface area contributed by atoms with Gasteiger partial charge in [-0.1, -0.05) is 30.3 Å². The van der Waals surface area contributed by atoms with Crippen LogP contribution in [0.3, 0.4) is 0 Å². The number of nitrogens with zero attached hydrogens (tertiary/aromatic N) is 1. The van der Waals surface area contributed by atoms with Crippen LogP contribution in [0.2, 0.25) is 0 Å². The largest absolute Gasteiger partial charge is 0.326 e. The molecule has 0 unspecified atom stereocenters. The number of nitrogens with one attached hydrogen (secondary N) is 1. The maximum absolute atomic E-state index is 12.5. The molecule has 5 nitrogen and oxygen atoms in total. The third-order valence-corrected chi connectivity index (χ3v) is 5.40. The summed E-state index contributed by atoms with van der Waals surface area (Å²) < 4.78 is 26.8. The average Bonchev–Trinajstić information content (AvgIpc) is 2.91. The molecule has 0 fully saturated rings. The topological polar surface area (TPSA) is 71.9 Å². The highest BCUT2D eigenvalue weighted by atomic mass is 79.9. The summed E-state index contributed by atoms with van der Waals surface area (Å²) in [5, 5.41) is 0.565. The van der Waals surface area contributed by atoms with Crippen LogP contribution in [0.5, 0.6) is 0 Å². The van der Waals surface area contributed by atoms with Crippen LogP contribution in [0.15, 0.2) is 58.1 Å². The second kappa shape index (κ2) is 5.16. The van der Waals surface area contributed by atoms with Crippen LogP contribution in [0, 0.1) is 0 Å². The molecule has 0 aliphatic heterocycles. The second-order valence-corrected chi connectivity index (χ2v) is 7.28. The second-order valence-electron chi connectivity index (χ2n) is 4.58. The van der Waals surface area contributed by atoms with E-state index < -0.39 is 15.6 Å². The van der Waals surface area contributed by atoms with Crippen molar-refractivity contribution in [3.05, 3.63) is 69.2 Å². The molecule has 0 radical (unpaired) electrons. The predicted octanol–water partition coefficient (Wildman–Crippen LogP) is 2.47. The highest BCUT2D eigenvalue weighted by Gasteiger charge is 2.19. The van der Waals surface area contributed by atoms with Gasteiger partial charge >= 0.3 is 0 Å². The minimum atomic E-state index is -3.66. The summed E-state index contributed by atoms with van der Waals surface area (Å²) in [4.78, 5) is 14.5. The maximum Gasteiger partial charge on any atom is 0.273 e. The molecule has 0 atom stereocenters. The minimum absolute atomic E-state index is 0.125. The number of hydrogen-bond donors (Lipinski definition) is 1. The molecule has 1 aromatic carbocycles. The summed E-state index contributed by atoms with van der Waals surface area (Å²) in [5.41, 5.74) is 0.362. The van der Waals surface area contributed by atoms with Crippen molar-refractivity contribution in [1.29, 1.82) is 0 Å². The van der Waals surface area contributed by atoms with Gasteiger partial charge < -0.3 is 4.98 Å². The van der Waals surface area contributed by atoms with E-state index in [4.69, 9.17) is 0 Å². The SMILES string of the molecule is O=c1[nH]cc(Br)c2ccn(S(=O)(=O)Cc3ccccc3)c12. The van der Waals surface area contributed by atoms with Crippen molar-refractivity contribution in [3.63, 3.8) is 0 Å². The molecule has 3 aromatic rings. The third kappa shape index (κ3) is 2.54. The number of rotatable bonds is 3. The summed E-state index contributed by atoms with van der Waals surface area (Å²) in [6.07, 6.45) is 2.90. The van der Waals surface area contributed by atoms with E-state index in [1.807, 2.05) is 6.07 Å². The first-order valence-corrected chi connectivity index (χ1v) is 8.55. The summed E-state index contributed by atoms with van der Waals surface area (Å²) in [7, 11) is -3.66. The Kier molecular flexibility index (Phi) is 3.46. The van der Waals surface area contributed by atoms with Gasteiger partial charge in [-0.05, 0) is 27.6 Å². The first kappa shape index (κ1) is 14.1. The normalized spacial score (nSPS) is 11.9. The van der Waals surface area contributed by atoms with E-state index >= 15 is 0 Å². The Labute approximate surface area is 129 Å². The van der Waals surface area contributed by atoms with E-state index in [-0.39, 0.29) is 11.3 Å². The number of aromatic nitrogens is 2. The molecule has 0 saturated carbocycles. The van der Waals surface area contributed by atoms with Gasteiger partial charge in [-0.25, -0.2) is 12.4 Å². The number of pyridine rings is 1. The molecule has 0 spiro atoms. The Morgan fingerprint density at radius 1 is 1.14 bits per heavy atom. The Morgan fingerprint density at radius 2 is 1.86 bits per heavy atom. The lowest BCUT2D eigenvalue weighted by Crippen LogP contribution is -2.19. The number of halogens is 1. The molecule has 108 valence electrons. The fourth-order valence-electron chi connectivity index (χ4n) is 2.19. The van der Waals surface area contributed by atoms with Crippen molar-refractivity contribution in [2.24, 2.45) is 0 Å². The van der Waals surface area contributed by atoms with E-state index in [0.29, 0.717) is 15.4 Å². The minimum Gasteiger partial charge on any atom is -0.326 e. The molecule has 2 aromatic heterocycles. The molecule has 21 heavy (non-hydrogen) atoms. The van der Waals surface area contributed by atoms with Crippen molar-refractivity contribution in [3.8, 4) is 0 Å². The van der Waals surface area contributed by atoms with E-state index in [2.05, 4.69) is 20.9 Å². The first-order valence-electron chi connectivity index (χ1n) is 6.14. The van der Waals surface area contributed by atoms with Gasteiger partial charge in [-0.2, -0.15) is 0 Å². The Bertz CT molecular complexity index is 959. The van der Waals surface area contributed by atoms with Crippen molar-refractivity contribution in [1.82, 2.24) is 8.96 Å². The number of benzene rings is 1. The van der Waals surface area contributed by atoms with Crippen LogP contribution < -0.4 is 5.56 Å². The number of fused-ring (bicyclic) bond motifs is 1. The van der Waals surface area contributed by atoms with Gasteiger partial charge in [0, 0.05) is 22.3 Å². The third-order valence-electron chi connectivity index (χ3n) is 3.15. The van der Waals surface area contributed by atoms with Gasteiger partial charge in [0.15, 0.2) is 0 Å². The maximum atomic E-state index is 12.5. The summed E-state index contributed by atoms with van der Waals surface area (Å²) >= 11 is 3.30. The van der Waals surface area contributed by atoms with Gasteiger partial charge in [0.1, 0.15) is 5.52 Å². The molecule has 0 bridgehead atoms. The van der Waals surface area contributed by atoms with Gasteiger partial charge in [0.25, 0.3) is 5.56 Å². The van der Waals surface area contributed by atoms with Crippen LogP contribution in [-0.4, -0.2) is 17.4 Å². The summed E-state index contributed by atoms with van der Waals surface area (Å²) in [6, 6.07) is 10.5. The number of hydrogen-bond acceptors (Lipinski definition) is 3. The molecule has 0 aliphatic rings. The zero-order valence-corrected chi connectivity index (χ0v) is 13.2. The van der Waals surface area contributed by atoms with Crippen molar-refractivity contribution in [2.75, 3.05) is 0 Å². The van der Waals surface area contributed by atoms with E-state index in [1.165, 1.54) is 12.4 Å². The highest BCUT2D eigenvalue weighted by Crippen LogP contribution is 2.23. The van der Waals surface area contributed by atoms with E-state index in [9.17, 15) is 13.2 Å². The fraction of sp³-hybridized carbons (Fsp3) is 0.0714. The fourth-order valence-corrected chi connectivity index (χ4v) is 4.08. The first-order chi connectivity index (χ1) is 9.99. The highest BCUT2D eigenvalue weighted by molar-refractivity contribution is 9.10. The standard InChI is InChI=1S/C14H11BrN2O3S/c15-12-8-16-14(18)13-11(12)6-7-17(13)21(19,20)9-10-4-2-1-3-5-10/h1-8H,9H2,(H,16,18). The van der Waals surface area contributed by atoms with Crippen LogP contribution in [0.25, 0.3) is 10.9 Å². The lowest BCUT2D eigenvalue weighted by molar-refractivity contribution is 0.588. The van der Waals surface area contributed by atoms with E-state index in [0.717, 1.165) is 3.97 Å². The van der Waals surface area contributed by atoms with Crippen LogP contribution >= 0.6 is 15.9 Å². The molecule has 3 rings (SSSR count). The predicted molar refractivity (Wildman–Crippen MR) is 84.7 cm³/mol. The Balaban J connectivity index is 2.16. The van der Waals surface area contributed by atoms with Crippen LogP contribution in [0.4, 0.5) is 0 Å². The molecular weight excluding hydrogens is 356 g/mol. The summed E-state index contributed by atoms with van der Waals surface area (Å²) in [6.45, 7) is 0. The number of aromatic amines is 1. The smallest absolute Gasteiger partial charge is 0.273 e. The summed E-state index contributed by atoms with van der Waals surface area (Å²) in [5.74, 6) is -0.163. The van der Waals surface area contributed by atoms with Crippen LogP contribution in [-0.2, 0) is 15.8 Å². The zero-order chi connectivity index (χ0) is 15.0. The molecule has 0 amide bonds. The molecule has 1 N–H and O–H groups in total. The molecule has 0 saturated heterocycles. The van der Waals surface area contributed by atoms with Crippen molar-refractivity contribution >= 4 is 36.9 Å². The quantitative estimate of drug-likeness (QED) is 0.773. The lowest BCUT2D eigenvalue weighted by atomic mass is 10.2. The molecule has 7 heteroatoms. The Morgan fingerprint density at radius 3 is 2.57 bits per heavy atom. The van der Waals surface area contributed by atoms with E-state index in [1.54, 1.807) is 30.3 Å². The lowest BCUT2D eigenvalue weighted by Gasteiger charge is -2.07. The molecule has 0 aliphatic carbocycles. The van der Waals surface area contributed by atoms with Crippen LogP contribution in [0.1, 0.15) is 5.56 Å². The van der Waals surface area contributed by atoms with Gasteiger partial charge in [-0.15, -0.1) is 0 Å². The van der Waals surface area contributed by atoms with Gasteiger partial charge in [-0.3, -0.25) is 4.79 Å².